The van der Waals surface area contributed by atoms with Gasteiger partial charge in [-0.05, 0) is 12.1 Å². The second kappa shape index (κ2) is 7.81. The molecule has 11 heteroatoms. The number of hydrogen-bond donors (Lipinski definition) is 5. The molecule has 152 valence electrons. The minimum Gasteiger partial charge on any atom is -0.394 e. The molecule has 5 atom stereocenters. The lowest BCUT2D eigenvalue weighted by molar-refractivity contribution is -0.250. The van der Waals surface area contributed by atoms with Gasteiger partial charge in [-0.25, -0.2) is 15.0 Å². The molecule has 3 aromatic rings. The Morgan fingerprint density at radius 3 is 2.55 bits per heavy atom. The highest BCUT2D eigenvalue weighted by atomic mass is 16.7. The third kappa shape index (κ3) is 3.45. The maximum atomic E-state index is 12.4. The van der Waals surface area contributed by atoms with Crippen LogP contribution in [0.5, 0.6) is 0 Å². The number of aromatic nitrogens is 4. The average Bonchev–Trinajstić information content (AvgIpc) is 3.18. The largest absolute Gasteiger partial charge is 0.394 e. The highest BCUT2D eigenvalue weighted by Gasteiger charge is 2.44. The van der Waals surface area contributed by atoms with E-state index in [1.807, 2.05) is 0 Å². The molecular weight excluding hydrogens is 388 g/mol. The average molecular weight is 407 g/mol. The molecule has 2 aromatic heterocycles. The van der Waals surface area contributed by atoms with Crippen LogP contribution in [0, 0.1) is 0 Å². The van der Waals surface area contributed by atoms with E-state index >= 15 is 0 Å². The van der Waals surface area contributed by atoms with Gasteiger partial charge < -0.3 is 30.5 Å². The second-order valence-corrected chi connectivity index (χ2v) is 6.59. The SMILES string of the molecule is O=C(Nc1ncnc2c1ncn2[13C@@H]1O[13C@H]([13CH2]O)[13C@@H](O)[13C@H](O)[13C@H]1O)c1ccccc1. The molecule has 11 nitrogen and oxygen atoms in total. The van der Waals surface area contributed by atoms with Crippen molar-refractivity contribution < 1.29 is 30.0 Å². The fourth-order valence-corrected chi connectivity index (χ4v) is 3.21. The van der Waals surface area contributed by atoms with Crippen molar-refractivity contribution in [3.63, 3.8) is 0 Å². The van der Waals surface area contributed by atoms with Gasteiger partial charge in [0.1, 0.15) is 30.7 Å². The smallest absolute Gasteiger partial charge is 0.256 e. The third-order valence-electron chi connectivity index (χ3n) is 4.77. The maximum Gasteiger partial charge on any atom is 0.256 e. The van der Waals surface area contributed by atoms with Gasteiger partial charge in [0, 0.05) is 5.56 Å². The Morgan fingerprint density at radius 2 is 1.83 bits per heavy atom. The molecule has 0 bridgehead atoms. The van der Waals surface area contributed by atoms with E-state index in [0.717, 1.165) is 0 Å². The summed E-state index contributed by atoms with van der Waals surface area (Å²) >= 11 is 0. The number of ether oxygens (including phenoxy) is 1. The number of carbonyl (C=O) groups is 1. The van der Waals surface area contributed by atoms with E-state index in [4.69, 9.17) is 4.74 Å². The fraction of sp³-hybridized carbons (Fsp3) is 0.333. The number of fused-ring (bicyclic) bond motifs is 1. The van der Waals surface area contributed by atoms with E-state index < -0.39 is 37.3 Å². The van der Waals surface area contributed by atoms with Gasteiger partial charge in [-0.1, -0.05) is 18.2 Å². The van der Waals surface area contributed by atoms with Crippen molar-refractivity contribution in [1.29, 1.82) is 0 Å². The predicted molar refractivity (Wildman–Crippen MR) is 98.7 cm³/mol. The molecule has 1 aromatic carbocycles. The Hall–Kier alpha value is -2.96. The van der Waals surface area contributed by atoms with Crippen molar-refractivity contribution in [3.05, 3.63) is 48.5 Å². The van der Waals surface area contributed by atoms with E-state index in [1.165, 1.54) is 17.2 Å². The molecule has 5 N–H and O–H groups in total. The van der Waals surface area contributed by atoms with Gasteiger partial charge >= 0.3 is 0 Å². The molecule has 3 heterocycles. The Labute approximate surface area is 164 Å². The summed E-state index contributed by atoms with van der Waals surface area (Å²) in [4.78, 5) is 24.8. The lowest BCUT2D eigenvalue weighted by atomic mass is 10.2. The molecule has 4 rings (SSSR count). The summed E-state index contributed by atoms with van der Waals surface area (Å²) in [5, 5.41) is 42.3. The number of anilines is 1. The first-order valence-corrected chi connectivity index (χ1v) is 8.85. The zero-order valence-corrected chi connectivity index (χ0v) is 15.0. The number of amides is 1. The molecule has 0 unspecified atom stereocenters. The van der Waals surface area contributed by atoms with Crippen LogP contribution in [0.25, 0.3) is 11.2 Å². The first-order chi connectivity index (χ1) is 14.0. The number of rotatable bonds is 4. The summed E-state index contributed by atoms with van der Waals surface area (Å²) in [5.41, 5.74) is 0.911. The number of carbonyl (C=O) groups excluding carboxylic acids is 1. The molecular formula is C18H19N5O6. The van der Waals surface area contributed by atoms with Gasteiger partial charge in [0.25, 0.3) is 5.91 Å². The van der Waals surface area contributed by atoms with Gasteiger partial charge in [-0.3, -0.25) is 9.36 Å². The summed E-state index contributed by atoms with van der Waals surface area (Å²) in [7, 11) is 0. The summed E-state index contributed by atoms with van der Waals surface area (Å²) in [6.07, 6.45) is -4.23. The molecule has 0 saturated carbocycles. The topological polar surface area (TPSA) is 163 Å². The Bertz CT molecular complexity index is 1010. The van der Waals surface area contributed by atoms with Crippen molar-refractivity contribution in [2.75, 3.05) is 11.9 Å². The number of nitrogens with one attached hydrogen (secondary N) is 1. The van der Waals surface area contributed by atoms with Crippen LogP contribution in [-0.2, 0) is 4.74 Å². The van der Waals surface area contributed by atoms with E-state index in [-0.39, 0.29) is 22.9 Å². The number of hydrogen-bond acceptors (Lipinski definition) is 9. The van der Waals surface area contributed by atoms with Crippen LogP contribution in [0.3, 0.4) is 0 Å². The quantitative estimate of drug-likeness (QED) is 0.343. The van der Waals surface area contributed by atoms with Gasteiger partial charge in [0.05, 0.1) is 12.9 Å². The van der Waals surface area contributed by atoms with Gasteiger partial charge in [0.15, 0.2) is 23.2 Å². The molecule has 1 saturated heterocycles. The monoisotopic (exact) mass is 407 g/mol. The number of imidazole rings is 1. The van der Waals surface area contributed by atoms with Crippen molar-refractivity contribution in [1.82, 2.24) is 19.5 Å². The van der Waals surface area contributed by atoms with Gasteiger partial charge in [-0.15, -0.1) is 0 Å². The first kappa shape index (κ1) is 19.4. The van der Waals surface area contributed by atoms with Crippen LogP contribution in [-0.4, -0.2) is 76.9 Å². The van der Waals surface area contributed by atoms with Crippen LogP contribution in [0.4, 0.5) is 5.82 Å². The van der Waals surface area contributed by atoms with E-state index in [1.54, 1.807) is 30.3 Å². The Kier molecular flexibility index (Phi) is 5.22. The van der Waals surface area contributed by atoms with Crippen LogP contribution >= 0.6 is 0 Å². The molecule has 1 fully saturated rings. The highest BCUT2D eigenvalue weighted by molar-refractivity contribution is 6.06. The molecule has 0 spiro atoms. The zero-order chi connectivity index (χ0) is 20.5. The number of aliphatic hydroxyl groups is 4. The number of nitrogens with zero attached hydrogens (tertiary/aromatic N) is 4. The van der Waals surface area contributed by atoms with Crippen molar-refractivity contribution in [2.45, 2.75) is 30.6 Å². The Morgan fingerprint density at radius 1 is 1.07 bits per heavy atom. The standard InChI is InChI=1S/C18H19N5O6/c24-6-10-12(25)13(26)14(27)18(29-10)23-8-21-11-15(19-7-20-16(11)23)22-17(28)9-4-2-1-3-5-9/h1-5,7-8,10,12-14,18,24-27H,6H2,(H,19,20,22,28)/t10-,12-,13+,14-,18-/m1/s1/i6+1,10+1,12+1,13+1,14+1,18+1. The van der Waals surface area contributed by atoms with Gasteiger partial charge in [0.2, 0.25) is 0 Å². The van der Waals surface area contributed by atoms with Crippen molar-refractivity contribution >= 4 is 22.9 Å². The fourth-order valence-electron chi connectivity index (χ4n) is 3.21. The first-order valence-electron chi connectivity index (χ1n) is 8.85. The molecule has 0 aliphatic carbocycles. The summed E-state index contributed by atoms with van der Waals surface area (Å²) in [6.45, 7) is -0.554. The second-order valence-electron chi connectivity index (χ2n) is 6.59. The summed E-state index contributed by atoms with van der Waals surface area (Å²) in [6, 6.07) is 8.57. The van der Waals surface area contributed by atoms with E-state index in [9.17, 15) is 25.2 Å². The highest BCUT2D eigenvalue weighted by Crippen LogP contribution is 2.31. The molecule has 29 heavy (non-hydrogen) atoms. The summed E-state index contributed by atoms with van der Waals surface area (Å²) < 4.78 is 6.88. The predicted octanol–water partition coefficient (Wildman–Crippen LogP) is -0.949. The van der Waals surface area contributed by atoms with Gasteiger partial charge in [-0.2, -0.15) is 0 Å². The van der Waals surface area contributed by atoms with Crippen molar-refractivity contribution in [3.8, 4) is 0 Å². The normalized spacial score (nSPS) is 27.1. The van der Waals surface area contributed by atoms with Crippen LogP contribution in [0.15, 0.2) is 43.0 Å². The van der Waals surface area contributed by atoms with Crippen LogP contribution in [0.2, 0.25) is 0 Å². The van der Waals surface area contributed by atoms with Crippen molar-refractivity contribution in [2.24, 2.45) is 0 Å². The molecule has 1 aliphatic rings. The Balaban J connectivity index is 1.66. The lowest BCUT2D eigenvalue weighted by Crippen LogP contribution is -2.56. The van der Waals surface area contributed by atoms with Crippen LogP contribution in [0.1, 0.15) is 16.6 Å². The number of aliphatic hydroxyl groups excluding tert-OH is 4. The zero-order valence-electron chi connectivity index (χ0n) is 15.0. The van der Waals surface area contributed by atoms with Crippen LogP contribution < -0.4 is 5.32 Å². The molecule has 0 radical (unpaired) electrons. The minimum atomic E-state index is -1.54. The van der Waals surface area contributed by atoms with E-state index in [2.05, 4.69) is 20.3 Å². The number of benzene rings is 1. The maximum absolute atomic E-state index is 12.4. The van der Waals surface area contributed by atoms with E-state index in [0.29, 0.717) is 5.56 Å². The molecule has 1 amide bonds. The molecule has 1 aliphatic heterocycles. The summed E-state index contributed by atoms with van der Waals surface area (Å²) in [5.74, 6) is -0.222. The lowest BCUT2D eigenvalue weighted by Gasteiger charge is -2.40. The third-order valence-corrected chi connectivity index (χ3v) is 4.77. The minimum absolute atomic E-state index is 0.159.